The number of aromatic nitrogens is 2. The normalized spacial score (nSPS) is 23.8. The minimum atomic E-state index is 0.324. The van der Waals surface area contributed by atoms with Crippen molar-refractivity contribution in [2.45, 2.75) is 44.7 Å². The Hall–Kier alpha value is -0.910. The molecule has 5 nitrogen and oxygen atoms in total. The van der Waals surface area contributed by atoms with Gasteiger partial charge in [0.15, 0.2) is 0 Å². The summed E-state index contributed by atoms with van der Waals surface area (Å²) >= 11 is 0. The van der Waals surface area contributed by atoms with Gasteiger partial charge in [-0.1, -0.05) is 12.8 Å². The lowest BCUT2D eigenvalue weighted by Crippen LogP contribution is -2.51. The quantitative estimate of drug-likeness (QED) is 0.908. The molecule has 0 amide bonds. The van der Waals surface area contributed by atoms with Crippen LogP contribution < -0.4 is 5.73 Å². The van der Waals surface area contributed by atoms with Gasteiger partial charge in [-0.05, 0) is 19.8 Å². The molecule has 21 heavy (non-hydrogen) atoms. The number of piperazine rings is 1. The first-order chi connectivity index (χ1) is 10.2. The highest BCUT2D eigenvalue weighted by Crippen LogP contribution is 2.27. The van der Waals surface area contributed by atoms with E-state index in [0.29, 0.717) is 12.6 Å². The van der Waals surface area contributed by atoms with Crippen molar-refractivity contribution in [3.8, 4) is 0 Å². The Bertz CT molecular complexity index is 455. The van der Waals surface area contributed by atoms with Crippen molar-refractivity contribution >= 4 is 0 Å². The third kappa shape index (κ3) is 3.15. The third-order valence-corrected chi connectivity index (χ3v) is 5.26. The van der Waals surface area contributed by atoms with E-state index >= 15 is 0 Å². The summed E-state index contributed by atoms with van der Waals surface area (Å²) in [5.74, 6) is 0. The van der Waals surface area contributed by atoms with Gasteiger partial charge in [-0.3, -0.25) is 14.5 Å². The molecule has 2 aliphatic rings. The van der Waals surface area contributed by atoms with Crippen molar-refractivity contribution in [2.24, 2.45) is 12.8 Å². The second-order valence-electron chi connectivity index (χ2n) is 6.61. The lowest BCUT2D eigenvalue weighted by molar-refractivity contribution is 0.0720. The van der Waals surface area contributed by atoms with E-state index < -0.39 is 0 Å². The van der Waals surface area contributed by atoms with E-state index in [-0.39, 0.29) is 0 Å². The number of aryl methyl sites for hydroxylation is 2. The molecule has 1 aliphatic heterocycles. The molecule has 0 aromatic carbocycles. The summed E-state index contributed by atoms with van der Waals surface area (Å²) in [7, 11) is 1.99. The van der Waals surface area contributed by atoms with Crippen molar-refractivity contribution in [1.29, 1.82) is 0 Å². The van der Waals surface area contributed by atoms with Gasteiger partial charge in [0.2, 0.25) is 0 Å². The van der Waals surface area contributed by atoms with Crippen molar-refractivity contribution in [3.63, 3.8) is 0 Å². The van der Waals surface area contributed by atoms with Crippen LogP contribution in [0, 0.1) is 6.92 Å². The Balaban J connectivity index is 1.63. The maximum Gasteiger partial charge on any atom is 0.0641 e. The standard InChI is InChI=1S/C16H29N5/c1-13-15(12-19(2)18-13)16(11-17)21-9-7-20(8-10-21)14-5-3-4-6-14/h12,14,16H,3-11,17H2,1-2H3. The smallest absolute Gasteiger partial charge is 0.0641 e. The van der Waals surface area contributed by atoms with E-state index in [1.165, 1.54) is 44.3 Å². The Morgan fingerprint density at radius 1 is 1.24 bits per heavy atom. The van der Waals surface area contributed by atoms with Gasteiger partial charge in [0.05, 0.1) is 11.7 Å². The van der Waals surface area contributed by atoms with Gasteiger partial charge in [-0.2, -0.15) is 5.10 Å². The SMILES string of the molecule is Cc1nn(C)cc1C(CN)N1CCN(C2CCCC2)CC1. The Kier molecular flexibility index (Phi) is 4.62. The molecule has 1 aromatic rings. The van der Waals surface area contributed by atoms with Crippen LogP contribution in [0.4, 0.5) is 0 Å². The molecule has 1 atom stereocenters. The van der Waals surface area contributed by atoms with Crippen LogP contribution in [-0.4, -0.2) is 58.3 Å². The Labute approximate surface area is 128 Å². The van der Waals surface area contributed by atoms with Crippen molar-refractivity contribution < 1.29 is 0 Å². The van der Waals surface area contributed by atoms with E-state index in [9.17, 15) is 0 Å². The van der Waals surface area contributed by atoms with E-state index in [2.05, 4.69) is 28.0 Å². The van der Waals surface area contributed by atoms with Crippen molar-refractivity contribution in [2.75, 3.05) is 32.7 Å². The number of nitrogens with zero attached hydrogens (tertiary/aromatic N) is 4. The number of rotatable bonds is 4. The largest absolute Gasteiger partial charge is 0.329 e. The topological polar surface area (TPSA) is 50.3 Å². The van der Waals surface area contributed by atoms with Crippen LogP contribution in [-0.2, 0) is 7.05 Å². The van der Waals surface area contributed by atoms with Crippen molar-refractivity contribution in [1.82, 2.24) is 19.6 Å². The molecule has 2 heterocycles. The predicted octanol–water partition coefficient (Wildman–Crippen LogP) is 1.29. The first kappa shape index (κ1) is 15.0. The number of nitrogens with two attached hydrogens (primary N) is 1. The lowest BCUT2D eigenvalue weighted by atomic mass is 10.0. The van der Waals surface area contributed by atoms with Gasteiger partial charge in [-0.25, -0.2) is 0 Å². The summed E-state index contributed by atoms with van der Waals surface area (Å²) in [6, 6.07) is 1.17. The molecule has 3 rings (SSSR count). The first-order valence-corrected chi connectivity index (χ1v) is 8.37. The van der Waals surface area contributed by atoms with Crippen LogP contribution in [0.25, 0.3) is 0 Å². The molecule has 0 spiro atoms. The highest BCUT2D eigenvalue weighted by atomic mass is 15.3. The van der Waals surface area contributed by atoms with Crippen LogP contribution in [0.15, 0.2) is 6.20 Å². The molecule has 118 valence electrons. The fourth-order valence-corrected chi connectivity index (χ4v) is 4.10. The number of hydrogen-bond donors (Lipinski definition) is 1. The van der Waals surface area contributed by atoms with Gasteiger partial charge in [0.1, 0.15) is 0 Å². The maximum absolute atomic E-state index is 6.08. The average Bonchev–Trinajstić information content (AvgIpc) is 3.11. The fourth-order valence-electron chi connectivity index (χ4n) is 4.10. The van der Waals surface area contributed by atoms with Gasteiger partial charge >= 0.3 is 0 Å². The molecule has 1 saturated carbocycles. The zero-order valence-corrected chi connectivity index (χ0v) is 13.5. The minimum absolute atomic E-state index is 0.324. The van der Waals surface area contributed by atoms with E-state index in [1.54, 1.807) is 0 Å². The number of hydrogen-bond acceptors (Lipinski definition) is 4. The molecule has 5 heteroatoms. The maximum atomic E-state index is 6.08. The summed E-state index contributed by atoms with van der Waals surface area (Å²) < 4.78 is 1.90. The molecule has 2 N–H and O–H groups in total. The fraction of sp³-hybridized carbons (Fsp3) is 0.812. The Morgan fingerprint density at radius 2 is 1.90 bits per heavy atom. The van der Waals surface area contributed by atoms with Gasteiger partial charge < -0.3 is 5.73 Å². The minimum Gasteiger partial charge on any atom is -0.329 e. The molecule has 1 unspecified atom stereocenters. The first-order valence-electron chi connectivity index (χ1n) is 8.37. The van der Waals surface area contributed by atoms with Gasteiger partial charge in [-0.15, -0.1) is 0 Å². The summed E-state index contributed by atoms with van der Waals surface area (Å²) in [5, 5.41) is 4.48. The Morgan fingerprint density at radius 3 is 2.43 bits per heavy atom. The lowest BCUT2D eigenvalue weighted by Gasteiger charge is -2.41. The zero-order valence-electron chi connectivity index (χ0n) is 13.5. The van der Waals surface area contributed by atoms with E-state index in [0.717, 1.165) is 24.8 Å². The average molecular weight is 291 g/mol. The molecule has 1 aliphatic carbocycles. The van der Waals surface area contributed by atoms with Crippen LogP contribution >= 0.6 is 0 Å². The second-order valence-corrected chi connectivity index (χ2v) is 6.61. The van der Waals surface area contributed by atoms with Crippen molar-refractivity contribution in [3.05, 3.63) is 17.5 Å². The van der Waals surface area contributed by atoms with E-state index in [4.69, 9.17) is 5.73 Å². The van der Waals surface area contributed by atoms with Crippen LogP contribution in [0.5, 0.6) is 0 Å². The van der Waals surface area contributed by atoms with Gasteiger partial charge in [0.25, 0.3) is 0 Å². The molecule has 0 radical (unpaired) electrons. The zero-order chi connectivity index (χ0) is 14.8. The monoisotopic (exact) mass is 291 g/mol. The van der Waals surface area contributed by atoms with Crippen LogP contribution in [0.1, 0.15) is 43.0 Å². The summed E-state index contributed by atoms with van der Waals surface area (Å²) in [6.07, 6.45) is 7.79. The summed E-state index contributed by atoms with van der Waals surface area (Å²) in [6.45, 7) is 7.42. The van der Waals surface area contributed by atoms with E-state index in [1.807, 2.05) is 11.7 Å². The molecule has 0 bridgehead atoms. The molecular formula is C16H29N5. The van der Waals surface area contributed by atoms with Crippen LogP contribution in [0.2, 0.25) is 0 Å². The summed E-state index contributed by atoms with van der Waals surface area (Å²) in [4.78, 5) is 5.25. The highest BCUT2D eigenvalue weighted by molar-refractivity contribution is 5.21. The highest BCUT2D eigenvalue weighted by Gasteiger charge is 2.30. The van der Waals surface area contributed by atoms with Gasteiger partial charge in [0, 0.05) is 57.6 Å². The summed E-state index contributed by atoms with van der Waals surface area (Å²) in [5.41, 5.74) is 8.50. The molecular weight excluding hydrogens is 262 g/mol. The van der Waals surface area contributed by atoms with Crippen LogP contribution in [0.3, 0.4) is 0 Å². The molecule has 1 saturated heterocycles. The second kappa shape index (κ2) is 6.46. The third-order valence-electron chi connectivity index (χ3n) is 5.26. The predicted molar refractivity (Wildman–Crippen MR) is 85.1 cm³/mol. The molecule has 2 fully saturated rings. The molecule has 1 aromatic heterocycles.